The molecule has 1 saturated carbocycles. The summed E-state index contributed by atoms with van der Waals surface area (Å²) in [5.41, 5.74) is 0.331. The number of hydrogen-bond acceptors (Lipinski definition) is 5. The summed E-state index contributed by atoms with van der Waals surface area (Å²) in [5, 5.41) is 6.64. The molecule has 35 heavy (non-hydrogen) atoms. The van der Waals surface area contributed by atoms with E-state index >= 15 is 0 Å². The van der Waals surface area contributed by atoms with E-state index in [-0.39, 0.29) is 23.6 Å². The minimum Gasteiger partial charge on any atom is -0.440 e. The van der Waals surface area contributed by atoms with E-state index in [0.717, 1.165) is 77.7 Å². The van der Waals surface area contributed by atoms with Gasteiger partial charge in [0.25, 0.3) is 5.91 Å². The first kappa shape index (κ1) is 24.6. The van der Waals surface area contributed by atoms with Crippen LogP contribution in [-0.2, 0) is 4.74 Å². The number of aromatic amines is 1. The van der Waals surface area contributed by atoms with Crippen LogP contribution in [0.3, 0.4) is 0 Å². The largest absolute Gasteiger partial charge is 0.440 e. The number of nitrogens with one attached hydrogen (secondary N) is 1. The highest BCUT2D eigenvalue weighted by Gasteiger charge is 2.55. The van der Waals surface area contributed by atoms with E-state index in [2.05, 4.69) is 26.9 Å². The number of aromatic nitrogens is 2. The highest BCUT2D eigenvalue weighted by Crippen LogP contribution is 2.42. The molecule has 1 spiro atoms. The molecule has 0 bridgehead atoms. The fraction of sp³-hybridized carbons (Fsp3) is 0.815. The van der Waals surface area contributed by atoms with Gasteiger partial charge in [-0.05, 0) is 38.0 Å². The molecule has 3 saturated heterocycles. The van der Waals surface area contributed by atoms with Gasteiger partial charge in [0.2, 0.25) is 0 Å². The Morgan fingerprint density at radius 3 is 2.51 bits per heavy atom. The Balaban J connectivity index is 1.17. The van der Waals surface area contributed by atoms with Crippen molar-refractivity contribution in [2.45, 2.75) is 102 Å². The normalized spacial score (nSPS) is 26.4. The smallest absolute Gasteiger partial charge is 0.410 e. The number of unbranched alkanes of at least 4 members (excludes halogenated alkanes) is 1. The lowest BCUT2D eigenvalue weighted by atomic mass is 9.80. The van der Waals surface area contributed by atoms with Crippen molar-refractivity contribution in [1.82, 2.24) is 24.9 Å². The van der Waals surface area contributed by atoms with Crippen LogP contribution in [0.5, 0.6) is 0 Å². The van der Waals surface area contributed by atoms with Gasteiger partial charge in [0.1, 0.15) is 5.60 Å². The van der Waals surface area contributed by atoms with Crippen LogP contribution in [0.4, 0.5) is 4.79 Å². The van der Waals surface area contributed by atoms with Crippen LogP contribution in [0.15, 0.2) is 12.4 Å². The molecule has 4 aliphatic rings. The third kappa shape index (κ3) is 5.23. The molecule has 1 atom stereocenters. The second-order valence-corrected chi connectivity index (χ2v) is 11.3. The highest BCUT2D eigenvalue weighted by atomic mass is 16.6. The first-order valence-corrected chi connectivity index (χ1v) is 14.1. The zero-order chi connectivity index (χ0) is 24.3. The molecular formula is C27H43N5O3. The molecular weight excluding hydrogens is 442 g/mol. The summed E-state index contributed by atoms with van der Waals surface area (Å²) >= 11 is 0. The maximum Gasteiger partial charge on any atom is 0.410 e. The highest BCUT2D eigenvalue weighted by molar-refractivity contribution is 5.93. The monoisotopic (exact) mass is 485 g/mol. The second kappa shape index (κ2) is 10.9. The quantitative estimate of drug-likeness (QED) is 0.617. The Hall–Kier alpha value is -2.09. The van der Waals surface area contributed by atoms with Crippen molar-refractivity contribution >= 4 is 12.0 Å². The summed E-state index contributed by atoms with van der Waals surface area (Å²) in [6.07, 6.45) is 16.9. The number of carbonyl (C=O) groups excluding carboxylic acids is 2. The summed E-state index contributed by atoms with van der Waals surface area (Å²) in [6.45, 7) is 6.67. The lowest BCUT2D eigenvalue weighted by Crippen LogP contribution is -2.56. The van der Waals surface area contributed by atoms with E-state index in [1.54, 1.807) is 12.4 Å². The third-order valence-corrected chi connectivity index (χ3v) is 9.18. The van der Waals surface area contributed by atoms with Gasteiger partial charge < -0.3 is 14.5 Å². The predicted octanol–water partition coefficient (Wildman–Crippen LogP) is 4.44. The second-order valence-electron chi connectivity index (χ2n) is 11.3. The van der Waals surface area contributed by atoms with E-state index in [0.29, 0.717) is 17.5 Å². The van der Waals surface area contributed by atoms with Crippen LogP contribution < -0.4 is 0 Å². The number of hydrogen-bond donors (Lipinski definition) is 1. The molecule has 0 radical (unpaired) electrons. The van der Waals surface area contributed by atoms with E-state index in [9.17, 15) is 9.59 Å². The van der Waals surface area contributed by atoms with E-state index in [1.165, 1.54) is 32.1 Å². The van der Waals surface area contributed by atoms with Crippen molar-refractivity contribution in [3.8, 4) is 0 Å². The number of H-pyrrole nitrogens is 1. The van der Waals surface area contributed by atoms with Gasteiger partial charge >= 0.3 is 6.09 Å². The molecule has 3 aliphatic heterocycles. The fourth-order valence-electron chi connectivity index (χ4n) is 7.07. The molecule has 194 valence electrons. The molecule has 1 aromatic rings. The molecule has 0 aromatic carbocycles. The number of rotatable bonds is 7. The van der Waals surface area contributed by atoms with E-state index < -0.39 is 0 Å². The first-order chi connectivity index (χ1) is 17.1. The van der Waals surface area contributed by atoms with E-state index in [4.69, 9.17) is 4.74 Å². The zero-order valence-electron chi connectivity index (χ0n) is 21.4. The van der Waals surface area contributed by atoms with Gasteiger partial charge in [0, 0.05) is 57.8 Å². The van der Waals surface area contributed by atoms with E-state index in [1.807, 2.05) is 4.90 Å². The van der Waals surface area contributed by atoms with Crippen LogP contribution in [0, 0.1) is 5.92 Å². The predicted molar refractivity (Wildman–Crippen MR) is 134 cm³/mol. The maximum absolute atomic E-state index is 13.1. The Labute approximate surface area is 209 Å². The maximum atomic E-state index is 13.1. The van der Waals surface area contributed by atoms with Gasteiger partial charge in [-0.2, -0.15) is 5.10 Å². The third-order valence-electron chi connectivity index (χ3n) is 9.18. The Morgan fingerprint density at radius 2 is 1.86 bits per heavy atom. The molecule has 1 aliphatic carbocycles. The summed E-state index contributed by atoms with van der Waals surface area (Å²) in [5.74, 6) is 0.718. The van der Waals surface area contributed by atoms with Crippen molar-refractivity contribution in [3.05, 3.63) is 18.0 Å². The van der Waals surface area contributed by atoms with Crippen molar-refractivity contribution in [2.24, 2.45) is 5.92 Å². The lowest BCUT2D eigenvalue weighted by Gasteiger charge is -2.46. The van der Waals surface area contributed by atoms with Crippen LogP contribution in [0.2, 0.25) is 0 Å². The SMILES string of the molecule is CCCCC1N(CC2CCCCC2)C(=O)OC12CCN(C1CCN(C(=O)c3cn[nH]c3)CC1)CC2. The minimum atomic E-state index is -0.310. The summed E-state index contributed by atoms with van der Waals surface area (Å²) in [7, 11) is 0. The van der Waals surface area contributed by atoms with Gasteiger partial charge in [0.05, 0.1) is 17.8 Å². The molecule has 4 heterocycles. The summed E-state index contributed by atoms with van der Waals surface area (Å²) < 4.78 is 6.28. The molecule has 2 amide bonds. The average molecular weight is 486 g/mol. The average Bonchev–Trinajstić information content (AvgIpc) is 3.51. The van der Waals surface area contributed by atoms with Gasteiger partial charge in [-0.1, -0.05) is 39.0 Å². The van der Waals surface area contributed by atoms with Crippen molar-refractivity contribution < 1.29 is 14.3 Å². The standard InChI is InChI=1S/C27H43N5O3/c1-2-3-9-24-27(35-26(34)32(24)20-21-7-5-4-6-8-21)12-16-30(17-13-27)23-10-14-31(15-11-23)25(33)22-18-28-29-19-22/h18-19,21,23-24H,2-17,20H2,1H3,(H,28,29). The fourth-order valence-corrected chi connectivity index (χ4v) is 7.07. The van der Waals surface area contributed by atoms with Crippen molar-refractivity contribution in [3.63, 3.8) is 0 Å². The molecule has 4 fully saturated rings. The van der Waals surface area contributed by atoms with Crippen LogP contribution in [0.25, 0.3) is 0 Å². The molecule has 5 rings (SSSR count). The number of nitrogens with zero attached hydrogens (tertiary/aromatic N) is 4. The van der Waals surface area contributed by atoms with Crippen molar-refractivity contribution in [1.29, 1.82) is 0 Å². The molecule has 1 unspecified atom stereocenters. The Kier molecular flexibility index (Phi) is 7.65. The number of ether oxygens (including phenoxy) is 1. The first-order valence-electron chi connectivity index (χ1n) is 14.1. The molecule has 8 nitrogen and oxygen atoms in total. The van der Waals surface area contributed by atoms with Crippen LogP contribution >= 0.6 is 0 Å². The zero-order valence-corrected chi connectivity index (χ0v) is 21.4. The number of carbonyl (C=O) groups is 2. The molecule has 8 heteroatoms. The Bertz CT molecular complexity index is 837. The summed E-state index contributed by atoms with van der Waals surface area (Å²) in [4.78, 5) is 32.5. The van der Waals surface area contributed by atoms with Gasteiger partial charge in [-0.3, -0.25) is 14.8 Å². The molecule has 1 aromatic heterocycles. The van der Waals surface area contributed by atoms with Crippen LogP contribution in [0.1, 0.15) is 94.3 Å². The Morgan fingerprint density at radius 1 is 1.11 bits per heavy atom. The number of amides is 2. The summed E-state index contributed by atoms with van der Waals surface area (Å²) in [6, 6.07) is 0.735. The molecule has 1 N–H and O–H groups in total. The van der Waals surface area contributed by atoms with Gasteiger partial charge in [-0.25, -0.2) is 4.79 Å². The van der Waals surface area contributed by atoms with Gasteiger partial charge in [-0.15, -0.1) is 0 Å². The minimum absolute atomic E-state index is 0.0591. The van der Waals surface area contributed by atoms with Crippen molar-refractivity contribution in [2.75, 3.05) is 32.7 Å². The number of piperidine rings is 2. The van der Waals surface area contributed by atoms with Crippen LogP contribution in [-0.4, -0.2) is 87.3 Å². The van der Waals surface area contributed by atoms with Gasteiger partial charge in [0.15, 0.2) is 0 Å². The topological polar surface area (TPSA) is 81.8 Å². The number of likely N-dealkylation sites (tertiary alicyclic amines) is 2. The lowest BCUT2D eigenvalue weighted by molar-refractivity contribution is -0.0385.